The van der Waals surface area contributed by atoms with Crippen molar-refractivity contribution in [1.29, 1.82) is 5.26 Å². The Morgan fingerprint density at radius 2 is 2.31 bits per heavy atom. The quantitative estimate of drug-likeness (QED) is 0.735. The summed E-state index contributed by atoms with van der Waals surface area (Å²) in [5.74, 6) is -0.688. The van der Waals surface area contributed by atoms with Gasteiger partial charge in [0.15, 0.2) is 5.82 Å². The Morgan fingerprint density at radius 1 is 1.41 bits per heavy atom. The summed E-state index contributed by atoms with van der Waals surface area (Å²) in [6.45, 7) is -1.63. The summed E-state index contributed by atoms with van der Waals surface area (Å²) in [5, 5.41) is 8.89. The van der Waals surface area contributed by atoms with E-state index in [1.807, 2.05) is 17.0 Å². The lowest BCUT2D eigenvalue weighted by Gasteiger charge is -2.26. The summed E-state index contributed by atoms with van der Waals surface area (Å²) in [6.07, 6.45) is 1.24. The van der Waals surface area contributed by atoms with E-state index in [2.05, 4.69) is 15.0 Å². The predicted molar refractivity (Wildman–Crippen MR) is 109 cm³/mol. The van der Waals surface area contributed by atoms with Crippen molar-refractivity contribution in [3.8, 4) is 6.07 Å². The van der Waals surface area contributed by atoms with Gasteiger partial charge in [0.1, 0.15) is 17.3 Å². The summed E-state index contributed by atoms with van der Waals surface area (Å²) in [7, 11) is 0. The minimum absolute atomic E-state index is 0.0308. The molecule has 3 heterocycles. The lowest BCUT2D eigenvalue weighted by atomic mass is 10.0. The van der Waals surface area contributed by atoms with Gasteiger partial charge in [-0.1, -0.05) is 19.0 Å². The normalized spacial score (nSPS) is 18.1. The first kappa shape index (κ1) is 13.7. The second-order valence-corrected chi connectivity index (χ2v) is 6.73. The Kier molecular flexibility index (Phi) is 3.76. The summed E-state index contributed by atoms with van der Waals surface area (Å²) in [6, 6.07) is 8.49. The zero-order valence-electron chi connectivity index (χ0n) is 20.4. The lowest BCUT2D eigenvalue weighted by molar-refractivity contribution is 0.289. The minimum Gasteiger partial charge on any atom is -0.317 e. The van der Waals surface area contributed by atoms with Gasteiger partial charge in [0, 0.05) is 38.2 Å². The number of fused-ring (bicyclic) bond motifs is 1. The van der Waals surface area contributed by atoms with Crippen molar-refractivity contribution in [3.05, 3.63) is 75.2 Å². The number of aryl methyl sites for hydroxylation is 1. The maximum Gasteiger partial charge on any atom is 0.270 e. The van der Waals surface area contributed by atoms with Gasteiger partial charge in [-0.2, -0.15) is 5.26 Å². The molecule has 1 N–H and O–H groups in total. The number of pyridine rings is 1. The molecule has 0 bridgehead atoms. The molecule has 1 aliphatic rings. The fourth-order valence-corrected chi connectivity index (χ4v) is 3.35. The Bertz CT molecular complexity index is 1380. The van der Waals surface area contributed by atoms with E-state index in [0.717, 1.165) is 11.3 Å². The maximum absolute atomic E-state index is 15.2. The van der Waals surface area contributed by atoms with Gasteiger partial charge in [0.25, 0.3) is 5.56 Å². The number of hydrogen-bond donors (Lipinski definition) is 1. The third kappa shape index (κ3) is 3.80. The smallest absolute Gasteiger partial charge is 0.270 e. The molecule has 0 amide bonds. The highest BCUT2D eigenvalue weighted by Gasteiger charge is 2.17. The van der Waals surface area contributed by atoms with Crippen molar-refractivity contribution in [2.75, 3.05) is 13.1 Å². The van der Waals surface area contributed by atoms with E-state index < -0.39 is 30.3 Å². The molecule has 0 saturated carbocycles. The molecule has 146 valence electrons. The summed E-state index contributed by atoms with van der Waals surface area (Å²) < 4.78 is 52.8. The Balaban J connectivity index is 1.56. The molecule has 0 aliphatic carbocycles. The number of rotatable bonds is 4. The molecule has 29 heavy (non-hydrogen) atoms. The molecule has 3 aromatic rings. The van der Waals surface area contributed by atoms with Crippen LogP contribution in [0.2, 0.25) is 0 Å². The fraction of sp³-hybridized carbons (Fsp3) is 0.273. The molecule has 4 rings (SSSR count). The van der Waals surface area contributed by atoms with Crippen molar-refractivity contribution in [2.45, 2.75) is 26.2 Å². The van der Waals surface area contributed by atoms with Crippen LogP contribution in [0.3, 0.4) is 0 Å². The van der Waals surface area contributed by atoms with Gasteiger partial charge in [-0.25, -0.2) is 9.37 Å². The van der Waals surface area contributed by atoms with Crippen LogP contribution < -0.4 is 5.56 Å². The van der Waals surface area contributed by atoms with Crippen molar-refractivity contribution >= 4 is 16.6 Å². The third-order valence-electron chi connectivity index (χ3n) is 4.91. The van der Waals surface area contributed by atoms with Crippen LogP contribution in [0.5, 0.6) is 0 Å². The number of aromatic nitrogens is 3. The molecule has 0 atom stereocenters. The van der Waals surface area contributed by atoms with Gasteiger partial charge in [0.05, 0.1) is 16.8 Å². The SMILES string of the molecule is [2H]C([2H])([2H])C([2H])([2H])c1nc2ccc(CN3CC=C(c4ccc(C#N)cn4)CC3)c(F)c2[nH]c1=O. The summed E-state index contributed by atoms with van der Waals surface area (Å²) >= 11 is 0. The van der Waals surface area contributed by atoms with Crippen LogP contribution >= 0.6 is 0 Å². The highest BCUT2D eigenvalue weighted by molar-refractivity contribution is 5.75. The van der Waals surface area contributed by atoms with Gasteiger partial charge >= 0.3 is 0 Å². The summed E-state index contributed by atoms with van der Waals surface area (Å²) in [4.78, 5) is 24.8. The van der Waals surface area contributed by atoms with E-state index >= 15 is 4.39 Å². The van der Waals surface area contributed by atoms with E-state index in [4.69, 9.17) is 12.1 Å². The molecule has 0 spiro atoms. The van der Waals surface area contributed by atoms with Gasteiger partial charge < -0.3 is 4.98 Å². The van der Waals surface area contributed by atoms with Crippen LogP contribution in [0, 0.1) is 17.1 Å². The molecular formula is C22H20FN5O. The number of H-pyrrole nitrogens is 1. The summed E-state index contributed by atoms with van der Waals surface area (Å²) in [5.41, 5.74) is 0.547. The largest absolute Gasteiger partial charge is 0.317 e. The molecule has 0 unspecified atom stereocenters. The predicted octanol–water partition coefficient (Wildman–Crippen LogP) is 3.18. The number of aromatic amines is 1. The third-order valence-corrected chi connectivity index (χ3v) is 4.91. The van der Waals surface area contributed by atoms with Crippen LogP contribution in [-0.2, 0) is 12.9 Å². The highest BCUT2D eigenvalue weighted by Crippen LogP contribution is 2.24. The van der Waals surface area contributed by atoms with E-state index in [1.165, 1.54) is 18.3 Å². The number of nitrogens with zero attached hydrogens (tertiary/aromatic N) is 4. The Hall–Kier alpha value is -3.37. The number of benzene rings is 1. The fourth-order valence-electron chi connectivity index (χ4n) is 3.35. The van der Waals surface area contributed by atoms with E-state index in [-0.39, 0.29) is 17.6 Å². The molecule has 1 aliphatic heterocycles. The molecule has 0 radical (unpaired) electrons. The van der Waals surface area contributed by atoms with Crippen LogP contribution in [0.1, 0.15) is 42.6 Å². The van der Waals surface area contributed by atoms with E-state index in [1.54, 1.807) is 12.1 Å². The molecule has 1 aromatic carbocycles. The van der Waals surface area contributed by atoms with Crippen LogP contribution in [0.15, 0.2) is 41.3 Å². The molecule has 2 aromatic heterocycles. The standard InChI is InChI=1S/C22H20FN5O/c1-2-17-22(29)27-21-19(26-17)6-4-16(20(21)23)13-28-9-7-15(8-10-28)18-5-3-14(11-24)12-25-18/h3-7,12H,2,8-10,13H2,1H3,(H,27,29)/i1D3,2D2. The zero-order valence-corrected chi connectivity index (χ0v) is 15.4. The van der Waals surface area contributed by atoms with Gasteiger partial charge in [-0.15, -0.1) is 0 Å². The van der Waals surface area contributed by atoms with E-state index in [9.17, 15) is 4.79 Å². The van der Waals surface area contributed by atoms with Gasteiger partial charge in [-0.05, 0) is 36.6 Å². The number of nitrogens with one attached hydrogen (secondary N) is 1. The van der Waals surface area contributed by atoms with Gasteiger partial charge in [-0.3, -0.25) is 14.7 Å². The lowest BCUT2D eigenvalue weighted by Crippen LogP contribution is -2.28. The first-order valence-electron chi connectivity index (χ1n) is 11.5. The van der Waals surface area contributed by atoms with Crippen LogP contribution in [0.25, 0.3) is 16.6 Å². The molecule has 7 heteroatoms. The molecule has 0 fully saturated rings. The van der Waals surface area contributed by atoms with Crippen molar-refractivity contribution in [2.24, 2.45) is 0 Å². The van der Waals surface area contributed by atoms with Crippen molar-refractivity contribution < 1.29 is 11.2 Å². The van der Waals surface area contributed by atoms with Crippen LogP contribution in [-0.4, -0.2) is 32.9 Å². The van der Waals surface area contributed by atoms with Crippen LogP contribution in [0.4, 0.5) is 4.39 Å². The van der Waals surface area contributed by atoms with Gasteiger partial charge in [0.2, 0.25) is 0 Å². The molecular weight excluding hydrogens is 369 g/mol. The van der Waals surface area contributed by atoms with E-state index in [0.29, 0.717) is 30.6 Å². The average molecular weight is 394 g/mol. The monoisotopic (exact) mass is 394 g/mol. The zero-order chi connectivity index (χ0) is 24.7. The topological polar surface area (TPSA) is 85.7 Å². The second kappa shape index (κ2) is 7.94. The highest BCUT2D eigenvalue weighted by atomic mass is 19.1. The Morgan fingerprint density at radius 3 is 3.00 bits per heavy atom. The number of hydrogen-bond acceptors (Lipinski definition) is 5. The molecule has 0 saturated heterocycles. The van der Waals surface area contributed by atoms with Crippen molar-refractivity contribution in [1.82, 2.24) is 19.9 Å². The first-order valence-corrected chi connectivity index (χ1v) is 9.01. The average Bonchev–Trinajstić information content (AvgIpc) is 2.81. The number of halogens is 1. The maximum atomic E-state index is 15.2. The second-order valence-electron chi connectivity index (χ2n) is 6.73. The van der Waals surface area contributed by atoms with Crippen molar-refractivity contribution in [3.63, 3.8) is 0 Å². The Labute approximate surface area is 174 Å². The molecule has 6 nitrogen and oxygen atoms in total. The first-order chi connectivity index (χ1) is 16.0. The number of nitriles is 1. The minimum atomic E-state index is -3.10.